The van der Waals surface area contributed by atoms with Crippen LogP contribution < -0.4 is 0 Å². The van der Waals surface area contributed by atoms with E-state index in [-0.39, 0.29) is 10.6 Å². The third-order valence-electron chi connectivity index (χ3n) is 5.03. The average molecular weight is 444 g/mol. The number of nitro benzene ring substituents is 1. The van der Waals surface area contributed by atoms with Crippen LogP contribution in [-0.4, -0.2) is 14.9 Å². The quantitative estimate of drug-likeness (QED) is 0.248. The molecule has 6 heteroatoms. The molecule has 140 valence electrons. The highest BCUT2D eigenvalue weighted by Gasteiger charge is 2.19. The van der Waals surface area contributed by atoms with Crippen molar-refractivity contribution in [1.29, 1.82) is 0 Å². The second-order valence-electron chi connectivity index (χ2n) is 6.76. The summed E-state index contributed by atoms with van der Waals surface area (Å²) in [6.07, 6.45) is 1.86. The van der Waals surface area contributed by atoms with Crippen molar-refractivity contribution in [3.8, 4) is 22.3 Å². The Balaban J connectivity index is 1.93. The first-order chi connectivity index (χ1) is 14.1. The van der Waals surface area contributed by atoms with E-state index in [9.17, 15) is 10.1 Å². The standard InChI is InChI=1S/C23H14BrN3O2/c24-16-8-6-14(7-9-16)19-13-25-23-22(21(19)15-4-2-1-3-5-15)18-12-17(27(28)29)10-11-20(18)26-23/h1-13H,(H,25,26). The van der Waals surface area contributed by atoms with Crippen molar-refractivity contribution >= 4 is 43.6 Å². The molecule has 0 aliphatic rings. The first-order valence-corrected chi connectivity index (χ1v) is 9.81. The van der Waals surface area contributed by atoms with Crippen LogP contribution in [0, 0.1) is 10.1 Å². The molecule has 0 radical (unpaired) electrons. The van der Waals surface area contributed by atoms with E-state index in [0.717, 1.165) is 43.0 Å². The van der Waals surface area contributed by atoms with Gasteiger partial charge in [0.25, 0.3) is 5.69 Å². The molecule has 5 aromatic rings. The highest BCUT2D eigenvalue weighted by atomic mass is 79.9. The van der Waals surface area contributed by atoms with Gasteiger partial charge in [0.1, 0.15) is 5.65 Å². The molecule has 29 heavy (non-hydrogen) atoms. The Labute approximate surface area is 174 Å². The number of aromatic nitrogens is 2. The molecular formula is C23H14BrN3O2. The Kier molecular flexibility index (Phi) is 4.14. The first-order valence-electron chi connectivity index (χ1n) is 9.02. The lowest BCUT2D eigenvalue weighted by atomic mass is 9.93. The van der Waals surface area contributed by atoms with Crippen molar-refractivity contribution in [3.63, 3.8) is 0 Å². The lowest BCUT2D eigenvalue weighted by Crippen LogP contribution is -1.90. The summed E-state index contributed by atoms with van der Waals surface area (Å²) in [5.74, 6) is 0. The number of rotatable bonds is 3. The van der Waals surface area contributed by atoms with E-state index in [2.05, 4.69) is 25.9 Å². The second-order valence-corrected chi connectivity index (χ2v) is 7.67. The number of halogens is 1. The highest BCUT2D eigenvalue weighted by molar-refractivity contribution is 9.10. The Hall–Kier alpha value is -3.51. The van der Waals surface area contributed by atoms with Gasteiger partial charge < -0.3 is 4.98 Å². The highest BCUT2D eigenvalue weighted by Crippen LogP contribution is 2.41. The number of hydrogen-bond donors (Lipinski definition) is 1. The number of H-pyrrole nitrogens is 1. The normalized spacial score (nSPS) is 11.2. The third kappa shape index (κ3) is 2.98. The van der Waals surface area contributed by atoms with E-state index in [0.29, 0.717) is 5.65 Å². The molecule has 0 spiro atoms. The molecule has 0 bridgehead atoms. The third-order valence-corrected chi connectivity index (χ3v) is 5.56. The summed E-state index contributed by atoms with van der Waals surface area (Å²) >= 11 is 3.48. The van der Waals surface area contributed by atoms with Crippen LogP contribution in [0.5, 0.6) is 0 Å². The molecule has 0 fully saturated rings. The fourth-order valence-corrected chi connectivity index (χ4v) is 3.97. The van der Waals surface area contributed by atoms with Crippen LogP contribution in [0.2, 0.25) is 0 Å². The lowest BCUT2D eigenvalue weighted by molar-refractivity contribution is -0.384. The van der Waals surface area contributed by atoms with Gasteiger partial charge in [0.05, 0.1) is 4.92 Å². The summed E-state index contributed by atoms with van der Waals surface area (Å²) in [6, 6.07) is 23.0. The van der Waals surface area contributed by atoms with Crippen molar-refractivity contribution in [1.82, 2.24) is 9.97 Å². The molecule has 0 saturated carbocycles. The van der Waals surface area contributed by atoms with Gasteiger partial charge in [-0.1, -0.05) is 58.4 Å². The number of hydrogen-bond acceptors (Lipinski definition) is 3. The van der Waals surface area contributed by atoms with Crippen molar-refractivity contribution in [2.45, 2.75) is 0 Å². The molecule has 5 nitrogen and oxygen atoms in total. The minimum absolute atomic E-state index is 0.0615. The molecule has 2 heterocycles. The van der Waals surface area contributed by atoms with Crippen LogP contribution in [0.3, 0.4) is 0 Å². The fourth-order valence-electron chi connectivity index (χ4n) is 3.71. The summed E-state index contributed by atoms with van der Waals surface area (Å²) in [4.78, 5) is 18.9. The Morgan fingerprint density at radius 1 is 0.931 bits per heavy atom. The van der Waals surface area contributed by atoms with Gasteiger partial charge in [-0.25, -0.2) is 4.98 Å². The predicted octanol–water partition coefficient (Wildman–Crippen LogP) is 6.72. The molecule has 0 aliphatic heterocycles. The SMILES string of the molecule is O=[N+]([O-])c1ccc2[nH]c3ncc(-c4ccc(Br)cc4)c(-c4ccccc4)c3c2c1. The molecule has 2 aromatic heterocycles. The van der Waals surface area contributed by atoms with Gasteiger partial charge >= 0.3 is 0 Å². The predicted molar refractivity (Wildman–Crippen MR) is 119 cm³/mol. The number of nitro groups is 1. The van der Waals surface area contributed by atoms with E-state index < -0.39 is 0 Å². The Bertz CT molecular complexity index is 1380. The maximum absolute atomic E-state index is 11.4. The van der Waals surface area contributed by atoms with Gasteiger partial charge in [-0.2, -0.15) is 0 Å². The monoisotopic (exact) mass is 443 g/mol. The van der Waals surface area contributed by atoms with E-state index >= 15 is 0 Å². The van der Waals surface area contributed by atoms with Crippen LogP contribution in [0.4, 0.5) is 5.69 Å². The Morgan fingerprint density at radius 2 is 1.69 bits per heavy atom. The van der Waals surface area contributed by atoms with E-state index in [1.54, 1.807) is 12.1 Å². The zero-order valence-electron chi connectivity index (χ0n) is 15.1. The summed E-state index contributed by atoms with van der Waals surface area (Å²) in [6.45, 7) is 0. The number of fused-ring (bicyclic) bond motifs is 3. The van der Waals surface area contributed by atoms with Gasteiger partial charge in [0.15, 0.2) is 0 Å². The van der Waals surface area contributed by atoms with Crippen molar-refractivity contribution in [2.75, 3.05) is 0 Å². The minimum Gasteiger partial charge on any atom is -0.339 e. The van der Waals surface area contributed by atoms with Gasteiger partial charge in [-0.15, -0.1) is 0 Å². The van der Waals surface area contributed by atoms with Gasteiger partial charge in [-0.05, 0) is 29.3 Å². The van der Waals surface area contributed by atoms with Crippen LogP contribution in [0.1, 0.15) is 0 Å². The summed E-state index contributed by atoms with van der Waals surface area (Å²) in [5.41, 5.74) is 5.63. The zero-order chi connectivity index (χ0) is 20.0. The van der Waals surface area contributed by atoms with E-state index in [1.165, 1.54) is 6.07 Å². The van der Waals surface area contributed by atoms with Crippen molar-refractivity contribution < 1.29 is 4.92 Å². The van der Waals surface area contributed by atoms with E-state index in [1.807, 2.05) is 60.8 Å². The van der Waals surface area contributed by atoms with E-state index in [4.69, 9.17) is 0 Å². The average Bonchev–Trinajstić information content (AvgIpc) is 3.12. The molecular weight excluding hydrogens is 430 g/mol. The zero-order valence-corrected chi connectivity index (χ0v) is 16.7. The lowest BCUT2D eigenvalue weighted by Gasteiger charge is -2.12. The maximum atomic E-state index is 11.4. The van der Waals surface area contributed by atoms with Gasteiger partial charge in [-0.3, -0.25) is 10.1 Å². The Morgan fingerprint density at radius 3 is 2.41 bits per heavy atom. The van der Waals surface area contributed by atoms with Crippen LogP contribution >= 0.6 is 15.9 Å². The molecule has 1 N–H and O–H groups in total. The van der Waals surface area contributed by atoms with Crippen molar-refractivity contribution in [2.24, 2.45) is 0 Å². The first kappa shape index (κ1) is 17.6. The van der Waals surface area contributed by atoms with Crippen LogP contribution in [0.15, 0.2) is 83.5 Å². The molecule has 0 aliphatic carbocycles. The largest absolute Gasteiger partial charge is 0.339 e. The van der Waals surface area contributed by atoms with Crippen molar-refractivity contribution in [3.05, 3.63) is 93.6 Å². The van der Waals surface area contributed by atoms with Gasteiger partial charge in [0, 0.05) is 50.2 Å². The number of aromatic amines is 1. The molecule has 0 amide bonds. The van der Waals surface area contributed by atoms with Crippen LogP contribution in [-0.2, 0) is 0 Å². The summed E-state index contributed by atoms with van der Waals surface area (Å²) < 4.78 is 0.999. The topological polar surface area (TPSA) is 71.8 Å². The van der Waals surface area contributed by atoms with Crippen LogP contribution in [0.25, 0.3) is 44.2 Å². The molecule has 3 aromatic carbocycles. The second kappa shape index (κ2) is 6.83. The number of benzene rings is 3. The number of nitrogens with one attached hydrogen (secondary N) is 1. The summed E-state index contributed by atoms with van der Waals surface area (Å²) in [7, 11) is 0. The fraction of sp³-hybridized carbons (Fsp3) is 0. The minimum atomic E-state index is -0.369. The van der Waals surface area contributed by atoms with Gasteiger partial charge in [0.2, 0.25) is 0 Å². The molecule has 5 rings (SSSR count). The smallest absolute Gasteiger partial charge is 0.270 e. The number of nitrogens with zero attached hydrogens (tertiary/aromatic N) is 2. The summed E-state index contributed by atoms with van der Waals surface area (Å²) in [5, 5.41) is 13.0. The molecule has 0 unspecified atom stereocenters. The number of non-ortho nitro benzene ring substituents is 1. The molecule has 0 saturated heterocycles. The number of pyridine rings is 1. The molecule has 0 atom stereocenters. The maximum Gasteiger partial charge on any atom is 0.270 e.